The lowest BCUT2D eigenvalue weighted by Crippen LogP contribution is -2.25. The van der Waals surface area contributed by atoms with Crippen LogP contribution in [0, 0.1) is 5.82 Å². The minimum atomic E-state index is -3.63. The Balaban J connectivity index is 2.51. The lowest BCUT2D eigenvalue weighted by molar-refractivity contribution is 0.512. The summed E-state index contributed by atoms with van der Waals surface area (Å²) in [4.78, 5) is 4.22. The quantitative estimate of drug-likeness (QED) is 0.785. The molecule has 1 aromatic heterocycles. The molecule has 0 aliphatic carbocycles. The number of rotatable bonds is 5. The monoisotopic (exact) mass is 343 g/mol. The van der Waals surface area contributed by atoms with Crippen LogP contribution in [0.25, 0.3) is 11.3 Å². The Morgan fingerprint density at radius 3 is 2.64 bits per heavy atom. The predicted molar refractivity (Wildman–Crippen MR) is 87.5 cm³/mol. The molecule has 2 rings (SSSR count). The van der Waals surface area contributed by atoms with Crippen molar-refractivity contribution >= 4 is 19.3 Å². The van der Waals surface area contributed by atoms with Gasteiger partial charge in [0, 0.05) is 31.1 Å². The summed E-state index contributed by atoms with van der Waals surface area (Å²) in [6, 6.07) is 3.95. The molecule has 0 aliphatic heterocycles. The van der Waals surface area contributed by atoms with E-state index in [1.54, 1.807) is 12.5 Å². The van der Waals surface area contributed by atoms with Gasteiger partial charge < -0.3 is 4.57 Å². The Bertz CT molecular complexity index is 774. The smallest absolute Gasteiger partial charge is 0.243 e. The van der Waals surface area contributed by atoms with Crippen LogP contribution in [0.15, 0.2) is 35.6 Å². The van der Waals surface area contributed by atoms with Crippen LogP contribution in [-0.2, 0) is 10.0 Å². The summed E-state index contributed by atoms with van der Waals surface area (Å²) < 4.78 is 41.8. The van der Waals surface area contributed by atoms with Gasteiger partial charge in [0.15, 0.2) is 0 Å². The zero-order valence-electron chi connectivity index (χ0n) is 12.7. The van der Waals surface area contributed by atoms with Gasteiger partial charge in [0.05, 0.1) is 16.9 Å². The molecule has 0 spiro atoms. The van der Waals surface area contributed by atoms with Crippen LogP contribution in [0.3, 0.4) is 0 Å². The molecule has 0 amide bonds. The number of sulfonamides is 1. The molecule has 0 radical (unpaired) electrons. The third kappa shape index (κ3) is 3.21. The summed E-state index contributed by atoms with van der Waals surface area (Å²) in [6.07, 6.45) is 3.57. The van der Waals surface area contributed by atoms with Gasteiger partial charge in [-0.15, -0.1) is 9.24 Å². The molecule has 1 atom stereocenters. The average Bonchev–Trinajstić information content (AvgIpc) is 2.96. The van der Waals surface area contributed by atoms with Crippen molar-refractivity contribution in [3.05, 3.63) is 36.5 Å². The van der Waals surface area contributed by atoms with Gasteiger partial charge >= 0.3 is 0 Å². The van der Waals surface area contributed by atoms with E-state index in [9.17, 15) is 12.8 Å². The fourth-order valence-electron chi connectivity index (χ4n) is 1.90. The highest BCUT2D eigenvalue weighted by atomic mass is 32.2. The van der Waals surface area contributed by atoms with Crippen molar-refractivity contribution in [3.63, 3.8) is 0 Å². The van der Waals surface area contributed by atoms with E-state index in [-0.39, 0.29) is 22.8 Å². The normalized spacial score (nSPS) is 12.3. The van der Waals surface area contributed by atoms with Crippen LogP contribution in [0.4, 0.5) is 4.39 Å². The maximum Gasteiger partial charge on any atom is 0.243 e. The number of imidazole rings is 1. The Labute approximate surface area is 132 Å². The van der Waals surface area contributed by atoms with Crippen LogP contribution in [0.5, 0.6) is 0 Å². The fraction of sp³-hybridized carbons (Fsp3) is 0.357. The third-order valence-corrected chi connectivity index (χ3v) is 6.01. The molecule has 120 valence electrons. The van der Waals surface area contributed by atoms with Gasteiger partial charge in [-0.25, -0.2) is 17.8 Å². The predicted octanol–water partition coefficient (Wildman–Crippen LogP) is 2.72. The van der Waals surface area contributed by atoms with Gasteiger partial charge in [0.25, 0.3) is 0 Å². The van der Waals surface area contributed by atoms with Crippen molar-refractivity contribution in [3.8, 4) is 11.3 Å². The molecule has 1 heterocycles. The second-order valence-electron chi connectivity index (χ2n) is 5.23. The molecule has 22 heavy (non-hydrogen) atoms. The number of benzene rings is 1. The highest BCUT2D eigenvalue weighted by Gasteiger charge is 2.21. The van der Waals surface area contributed by atoms with Crippen LogP contribution in [-0.4, -0.2) is 35.6 Å². The summed E-state index contributed by atoms with van der Waals surface area (Å²) >= 11 is 0. The molecule has 0 saturated heterocycles. The molecule has 5 nitrogen and oxygen atoms in total. The van der Waals surface area contributed by atoms with Crippen LogP contribution >= 0.6 is 9.24 Å². The SMILES string of the molecule is CC(C)n1cnc(-c2cc(S(=O)(=O)N(C)CP)ccc2F)c1. The van der Waals surface area contributed by atoms with E-state index in [2.05, 4.69) is 14.2 Å². The summed E-state index contributed by atoms with van der Waals surface area (Å²) in [5, 5.41) is 0. The average molecular weight is 343 g/mol. The number of hydrogen-bond donors (Lipinski definition) is 0. The molecule has 2 aromatic rings. The molecule has 0 fully saturated rings. The molecule has 0 N–H and O–H groups in total. The van der Waals surface area contributed by atoms with E-state index < -0.39 is 15.8 Å². The van der Waals surface area contributed by atoms with Crippen molar-refractivity contribution in [1.82, 2.24) is 13.9 Å². The standard InChI is InChI=1S/C14H19FN3O2PS/c1-10(2)18-7-14(16-8-18)12-6-11(4-5-13(12)15)22(19,20)17(3)9-21/h4-8,10H,9,21H2,1-3H3. The largest absolute Gasteiger partial charge is 0.334 e. The second-order valence-corrected chi connectivity index (χ2v) is 7.64. The van der Waals surface area contributed by atoms with Gasteiger partial charge in [0.1, 0.15) is 5.82 Å². The van der Waals surface area contributed by atoms with Crippen LogP contribution < -0.4 is 0 Å². The minimum absolute atomic E-state index is 0.0490. The van der Waals surface area contributed by atoms with Gasteiger partial charge in [-0.3, -0.25) is 0 Å². The van der Waals surface area contributed by atoms with Crippen LogP contribution in [0.2, 0.25) is 0 Å². The van der Waals surface area contributed by atoms with Crippen molar-refractivity contribution in [2.45, 2.75) is 24.8 Å². The summed E-state index contributed by atoms with van der Waals surface area (Å²) in [6.45, 7) is 3.97. The lowest BCUT2D eigenvalue weighted by Gasteiger charge is -2.15. The van der Waals surface area contributed by atoms with Gasteiger partial charge in [-0.2, -0.15) is 4.31 Å². The molecular weight excluding hydrogens is 324 g/mol. The number of nitrogens with zero attached hydrogens (tertiary/aromatic N) is 3. The molecular formula is C14H19FN3O2PS. The zero-order chi connectivity index (χ0) is 16.5. The molecule has 8 heteroatoms. The van der Waals surface area contributed by atoms with E-state index in [1.807, 2.05) is 18.4 Å². The molecule has 1 aromatic carbocycles. The molecule has 0 aliphatic rings. The Hall–Kier alpha value is -1.30. The van der Waals surface area contributed by atoms with E-state index >= 15 is 0 Å². The van der Waals surface area contributed by atoms with E-state index in [0.29, 0.717) is 5.69 Å². The van der Waals surface area contributed by atoms with E-state index in [4.69, 9.17) is 0 Å². The Kier molecular flexibility index (Phi) is 5.00. The first kappa shape index (κ1) is 17.1. The minimum Gasteiger partial charge on any atom is -0.334 e. The highest BCUT2D eigenvalue weighted by molar-refractivity contribution is 7.89. The van der Waals surface area contributed by atoms with E-state index in [1.165, 1.54) is 23.5 Å². The lowest BCUT2D eigenvalue weighted by atomic mass is 10.1. The first-order chi connectivity index (χ1) is 10.3. The first-order valence-corrected chi connectivity index (χ1v) is 9.03. The number of aromatic nitrogens is 2. The Morgan fingerprint density at radius 2 is 2.09 bits per heavy atom. The van der Waals surface area contributed by atoms with Crippen molar-refractivity contribution in [2.75, 3.05) is 13.3 Å². The van der Waals surface area contributed by atoms with Gasteiger partial charge in [0.2, 0.25) is 10.0 Å². The third-order valence-electron chi connectivity index (χ3n) is 3.38. The van der Waals surface area contributed by atoms with Crippen LogP contribution in [0.1, 0.15) is 19.9 Å². The maximum absolute atomic E-state index is 14.1. The number of hydrogen-bond acceptors (Lipinski definition) is 3. The summed E-state index contributed by atoms with van der Waals surface area (Å²) in [7, 11) is 0.183. The fourth-order valence-corrected chi connectivity index (χ4v) is 3.55. The first-order valence-electron chi connectivity index (χ1n) is 6.77. The molecule has 1 unspecified atom stereocenters. The highest BCUT2D eigenvalue weighted by Crippen LogP contribution is 2.26. The number of halogens is 1. The van der Waals surface area contributed by atoms with Crippen molar-refractivity contribution in [2.24, 2.45) is 0 Å². The summed E-state index contributed by atoms with van der Waals surface area (Å²) in [5.41, 5.74) is 0.592. The van der Waals surface area contributed by atoms with E-state index in [0.717, 1.165) is 6.07 Å². The second kappa shape index (κ2) is 6.44. The van der Waals surface area contributed by atoms with Crippen molar-refractivity contribution in [1.29, 1.82) is 0 Å². The van der Waals surface area contributed by atoms with Gasteiger partial charge in [-0.1, -0.05) is 0 Å². The summed E-state index contributed by atoms with van der Waals surface area (Å²) in [5.74, 6) is -0.499. The maximum atomic E-state index is 14.1. The van der Waals surface area contributed by atoms with Crippen molar-refractivity contribution < 1.29 is 12.8 Å². The topological polar surface area (TPSA) is 55.2 Å². The van der Waals surface area contributed by atoms with Gasteiger partial charge in [-0.05, 0) is 32.0 Å². The molecule has 0 bridgehead atoms. The molecule has 0 saturated carbocycles. The Morgan fingerprint density at radius 1 is 1.41 bits per heavy atom. The zero-order valence-corrected chi connectivity index (χ0v) is 14.7.